The van der Waals surface area contributed by atoms with Gasteiger partial charge < -0.3 is 14.8 Å². The SMILES string of the molecule is CCCNC(=O)N1CCC(Cn2c(C)cnc2-c2cccnc2)CC1. The van der Waals surface area contributed by atoms with Gasteiger partial charge in [-0.1, -0.05) is 6.92 Å². The summed E-state index contributed by atoms with van der Waals surface area (Å²) in [4.78, 5) is 22.8. The van der Waals surface area contributed by atoms with E-state index in [0.29, 0.717) is 5.92 Å². The molecule has 0 atom stereocenters. The average molecular weight is 341 g/mol. The number of amides is 2. The number of rotatable bonds is 5. The van der Waals surface area contributed by atoms with Gasteiger partial charge in [0.2, 0.25) is 0 Å². The maximum atomic E-state index is 12.1. The van der Waals surface area contributed by atoms with Crippen LogP contribution in [-0.2, 0) is 6.54 Å². The van der Waals surface area contributed by atoms with Gasteiger partial charge in [0, 0.05) is 56.0 Å². The Bertz CT molecular complexity index is 689. The van der Waals surface area contributed by atoms with E-state index in [1.807, 2.05) is 29.4 Å². The van der Waals surface area contributed by atoms with Crippen molar-refractivity contribution in [3.63, 3.8) is 0 Å². The molecule has 0 unspecified atom stereocenters. The van der Waals surface area contributed by atoms with Gasteiger partial charge in [-0.05, 0) is 44.2 Å². The Labute approximate surface area is 149 Å². The number of nitrogens with one attached hydrogen (secondary N) is 1. The molecule has 0 saturated carbocycles. The summed E-state index contributed by atoms with van der Waals surface area (Å²) in [5.41, 5.74) is 2.22. The van der Waals surface area contributed by atoms with Gasteiger partial charge >= 0.3 is 6.03 Å². The number of hydrogen-bond donors (Lipinski definition) is 1. The van der Waals surface area contributed by atoms with Gasteiger partial charge in [0.05, 0.1) is 0 Å². The van der Waals surface area contributed by atoms with Crippen molar-refractivity contribution in [2.75, 3.05) is 19.6 Å². The van der Waals surface area contributed by atoms with Crippen LogP contribution >= 0.6 is 0 Å². The number of nitrogens with zero attached hydrogens (tertiary/aromatic N) is 4. The summed E-state index contributed by atoms with van der Waals surface area (Å²) in [6.45, 7) is 7.52. The zero-order valence-electron chi connectivity index (χ0n) is 15.1. The first kappa shape index (κ1) is 17.5. The molecule has 3 rings (SSSR count). The minimum absolute atomic E-state index is 0.0789. The third kappa shape index (κ3) is 4.18. The normalized spacial score (nSPS) is 15.4. The minimum Gasteiger partial charge on any atom is -0.338 e. The Hall–Kier alpha value is -2.37. The Morgan fingerprint density at radius 2 is 2.12 bits per heavy atom. The van der Waals surface area contributed by atoms with E-state index in [9.17, 15) is 4.79 Å². The van der Waals surface area contributed by atoms with Crippen LogP contribution in [0.25, 0.3) is 11.4 Å². The highest BCUT2D eigenvalue weighted by molar-refractivity contribution is 5.74. The minimum atomic E-state index is 0.0789. The van der Waals surface area contributed by atoms with Crippen molar-refractivity contribution in [1.29, 1.82) is 0 Å². The lowest BCUT2D eigenvalue weighted by Crippen LogP contribution is -2.45. The van der Waals surface area contributed by atoms with E-state index in [0.717, 1.165) is 56.8 Å². The molecule has 1 saturated heterocycles. The number of imidazole rings is 1. The average Bonchev–Trinajstić information content (AvgIpc) is 3.01. The van der Waals surface area contributed by atoms with Crippen molar-refractivity contribution in [2.45, 2.75) is 39.7 Å². The highest BCUT2D eigenvalue weighted by Gasteiger charge is 2.24. The molecular weight excluding hydrogens is 314 g/mol. The van der Waals surface area contributed by atoms with E-state index < -0.39 is 0 Å². The lowest BCUT2D eigenvalue weighted by molar-refractivity contribution is 0.165. The fourth-order valence-corrected chi connectivity index (χ4v) is 3.34. The molecule has 6 heteroatoms. The molecule has 0 aliphatic carbocycles. The second kappa shape index (κ2) is 8.14. The highest BCUT2D eigenvalue weighted by atomic mass is 16.2. The lowest BCUT2D eigenvalue weighted by Gasteiger charge is -2.32. The largest absolute Gasteiger partial charge is 0.338 e. The summed E-state index contributed by atoms with van der Waals surface area (Å²) in [5.74, 6) is 1.55. The number of urea groups is 1. The molecule has 1 aliphatic heterocycles. The van der Waals surface area contributed by atoms with Gasteiger partial charge in [-0.3, -0.25) is 4.98 Å². The third-order valence-electron chi connectivity index (χ3n) is 4.84. The maximum absolute atomic E-state index is 12.1. The molecule has 1 N–H and O–H groups in total. The third-order valence-corrected chi connectivity index (χ3v) is 4.84. The first-order valence-electron chi connectivity index (χ1n) is 9.14. The van der Waals surface area contributed by atoms with Crippen LogP contribution in [0.15, 0.2) is 30.7 Å². The Kier molecular flexibility index (Phi) is 5.68. The topological polar surface area (TPSA) is 63.1 Å². The first-order chi connectivity index (χ1) is 12.2. The van der Waals surface area contributed by atoms with Crippen molar-refractivity contribution in [2.24, 2.45) is 5.92 Å². The standard InChI is InChI=1S/C19H27N5O/c1-3-8-21-19(25)23-10-6-16(7-11-23)14-24-15(2)12-22-18(24)17-5-4-9-20-13-17/h4-5,9,12-13,16H,3,6-8,10-11,14H2,1-2H3,(H,21,25). The zero-order valence-corrected chi connectivity index (χ0v) is 15.1. The summed E-state index contributed by atoms with van der Waals surface area (Å²) in [6, 6.07) is 4.07. The van der Waals surface area contributed by atoms with Crippen LogP contribution in [0.2, 0.25) is 0 Å². The molecule has 1 fully saturated rings. The number of hydrogen-bond acceptors (Lipinski definition) is 3. The van der Waals surface area contributed by atoms with E-state index in [1.54, 1.807) is 6.20 Å². The van der Waals surface area contributed by atoms with Crippen molar-refractivity contribution >= 4 is 6.03 Å². The molecule has 3 heterocycles. The van der Waals surface area contributed by atoms with Crippen LogP contribution in [0, 0.1) is 12.8 Å². The van der Waals surface area contributed by atoms with E-state index in [2.05, 4.69) is 33.7 Å². The van der Waals surface area contributed by atoms with Gasteiger partial charge in [0.25, 0.3) is 0 Å². The second-order valence-corrected chi connectivity index (χ2v) is 6.74. The molecule has 0 spiro atoms. The van der Waals surface area contributed by atoms with E-state index >= 15 is 0 Å². The number of piperidine rings is 1. The van der Waals surface area contributed by atoms with Crippen LogP contribution in [0.3, 0.4) is 0 Å². The number of carbonyl (C=O) groups excluding carboxylic acids is 1. The molecule has 2 aromatic heterocycles. The number of likely N-dealkylation sites (tertiary alicyclic amines) is 1. The van der Waals surface area contributed by atoms with Crippen LogP contribution in [0.4, 0.5) is 4.79 Å². The quantitative estimate of drug-likeness (QED) is 0.909. The summed E-state index contributed by atoms with van der Waals surface area (Å²) in [7, 11) is 0. The van der Waals surface area contributed by atoms with E-state index in [-0.39, 0.29) is 6.03 Å². The highest BCUT2D eigenvalue weighted by Crippen LogP contribution is 2.24. The fourth-order valence-electron chi connectivity index (χ4n) is 3.34. The Morgan fingerprint density at radius 1 is 1.32 bits per heavy atom. The lowest BCUT2D eigenvalue weighted by atomic mass is 9.96. The van der Waals surface area contributed by atoms with Crippen LogP contribution < -0.4 is 5.32 Å². The number of carbonyl (C=O) groups is 1. The van der Waals surface area contributed by atoms with Crippen molar-refractivity contribution < 1.29 is 4.79 Å². The predicted molar refractivity (Wildman–Crippen MR) is 98.2 cm³/mol. The van der Waals surface area contributed by atoms with E-state index in [1.165, 1.54) is 5.69 Å². The molecule has 25 heavy (non-hydrogen) atoms. The van der Waals surface area contributed by atoms with Crippen LogP contribution in [0.5, 0.6) is 0 Å². The summed E-state index contributed by atoms with van der Waals surface area (Å²) >= 11 is 0. The molecule has 2 amide bonds. The van der Waals surface area contributed by atoms with Gasteiger partial charge in [0.1, 0.15) is 5.82 Å². The fraction of sp³-hybridized carbons (Fsp3) is 0.526. The Morgan fingerprint density at radius 3 is 2.80 bits per heavy atom. The summed E-state index contributed by atoms with van der Waals surface area (Å²) in [5, 5.41) is 2.97. The molecule has 6 nitrogen and oxygen atoms in total. The van der Waals surface area contributed by atoms with Crippen molar-refractivity contribution in [1.82, 2.24) is 24.8 Å². The molecule has 0 radical (unpaired) electrons. The number of pyridine rings is 1. The Balaban J connectivity index is 1.61. The van der Waals surface area contributed by atoms with Gasteiger partial charge in [0.15, 0.2) is 0 Å². The maximum Gasteiger partial charge on any atom is 0.317 e. The monoisotopic (exact) mass is 341 g/mol. The smallest absolute Gasteiger partial charge is 0.317 e. The second-order valence-electron chi connectivity index (χ2n) is 6.74. The molecule has 1 aliphatic rings. The van der Waals surface area contributed by atoms with Crippen LogP contribution in [-0.4, -0.2) is 45.1 Å². The van der Waals surface area contributed by atoms with E-state index in [4.69, 9.17) is 0 Å². The zero-order chi connectivity index (χ0) is 17.6. The van der Waals surface area contributed by atoms with Gasteiger partial charge in [-0.2, -0.15) is 0 Å². The summed E-state index contributed by atoms with van der Waals surface area (Å²) in [6.07, 6.45) is 8.60. The van der Waals surface area contributed by atoms with Gasteiger partial charge in [-0.25, -0.2) is 9.78 Å². The summed E-state index contributed by atoms with van der Waals surface area (Å²) < 4.78 is 2.29. The number of aromatic nitrogens is 3. The van der Waals surface area contributed by atoms with Gasteiger partial charge in [-0.15, -0.1) is 0 Å². The van der Waals surface area contributed by atoms with Crippen molar-refractivity contribution in [3.8, 4) is 11.4 Å². The molecule has 0 aromatic carbocycles. The molecule has 2 aromatic rings. The number of aryl methyl sites for hydroxylation is 1. The first-order valence-corrected chi connectivity index (χ1v) is 9.14. The molecule has 0 bridgehead atoms. The van der Waals surface area contributed by atoms with Crippen molar-refractivity contribution in [3.05, 3.63) is 36.4 Å². The molecular formula is C19H27N5O. The molecule has 134 valence electrons. The predicted octanol–water partition coefficient (Wildman–Crippen LogP) is 3.09. The van der Waals surface area contributed by atoms with Crippen LogP contribution in [0.1, 0.15) is 31.9 Å².